The zero-order valence-electron chi connectivity index (χ0n) is 15.9. The minimum absolute atomic E-state index is 0.0580. The number of ether oxygens (including phenoxy) is 1. The number of carbonyl (C=O) groups is 1. The van der Waals surface area contributed by atoms with E-state index >= 15 is 0 Å². The molecule has 0 aliphatic carbocycles. The molecule has 1 aromatic rings. The van der Waals surface area contributed by atoms with Gasteiger partial charge in [0, 0.05) is 38.1 Å². The van der Waals surface area contributed by atoms with Crippen molar-refractivity contribution in [3.8, 4) is 0 Å². The second-order valence-corrected chi connectivity index (χ2v) is 7.56. The largest absolute Gasteiger partial charge is 0.444 e. The average molecular weight is 366 g/mol. The van der Waals surface area contributed by atoms with Gasteiger partial charge in [-0.1, -0.05) is 0 Å². The van der Waals surface area contributed by atoms with Gasteiger partial charge in [0.2, 0.25) is 0 Å². The topological polar surface area (TPSA) is 98.8 Å². The van der Waals surface area contributed by atoms with Crippen molar-refractivity contribution in [1.29, 1.82) is 0 Å². The zero-order chi connectivity index (χ0) is 19.2. The highest BCUT2D eigenvalue weighted by Crippen LogP contribution is 2.23. The lowest BCUT2D eigenvalue weighted by molar-refractivity contribution is 0.00909. The highest BCUT2D eigenvalue weighted by atomic mass is 16.6. The number of aromatic nitrogens is 2. The van der Waals surface area contributed by atoms with Crippen molar-refractivity contribution in [3.63, 3.8) is 0 Å². The molecule has 1 aromatic heterocycles. The third kappa shape index (κ3) is 5.72. The number of carbonyl (C=O) groups excluding carboxylic acids is 1. The minimum atomic E-state index is -0.525. The third-order valence-corrected chi connectivity index (χ3v) is 4.35. The summed E-state index contributed by atoms with van der Waals surface area (Å²) in [5.41, 5.74) is -0.808. The number of aromatic amines is 1. The Bertz CT molecular complexity index is 641. The first-order chi connectivity index (χ1) is 12.3. The fourth-order valence-corrected chi connectivity index (χ4v) is 3.18. The van der Waals surface area contributed by atoms with Crippen molar-refractivity contribution >= 4 is 11.9 Å². The number of hydrogen-bond acceptors (Lipinski definition) is 6. The van der Waals surface area contributed by atoms with E-state index in [1.807, 2.05) is 20.8 Å². The number of amides is 1. The Morgan fingerprint density at radius 1 is 1.42 bits per heavy atom. The van der Waals surface area contributed by atoms with E-state index in [4.69, 9.17) is 4.74 Å². The van der Waals surface area contributed by atoms with Crippen LogP contribution in [0.15, 0.2) is 17.2 Å². The normalized spacial score (nSPS) is 17.8. The molecule has 1 aliphatic heterocycles. The average Bonchev–Trinajstić information content (AvgIpc) is 2.58. The summed E-state index contributed by atoms with van der Waals surface area (Å²) in [5.74, 6) is 0.293. The van der Waals surface area contributed by atoms with Crippen LogP contribution in [0.1, 0.15) is 46.5 Å². The Kier molecular flexibility index (Phi) is 7.02. The summed E-state index contributed by atoms with van der Waals surface area (Å²) in [6, 6.07) is 0.0580. The maximum atomic E-state index is 12.5. The number of nitrogens with zero attached hydrogens (tertiary/aromatic N) is 3. The molecule has 8 nitrogen and oxygen atoms in total. The Morgan fingerprint density at radius 3 is 2.85 bits per heavy atom. The summed E-state index contributed by atoms with van der Waals surface area (Å²) >= 11 is 0. The fourth-order valence-electron chi connectivity index (χ4n) is 3.18. The van der Waals surface area contributed by atoms with Crippen LogP contribution in [0.4, 0.5) is 10.6 Å². The fraction of sp³-hybridized carbons (Fsp3) is 0.722. The van der Waals surface area contributed by atoms with Gasteiger partial charge in [0.15, 0.2) is 5.82 Å². The van der Waals surface area contributed by atoms with Gasteiger partial charge in [-0.2, -0.15) is 0 Å². The van der Waals surface area contributed by atoms with Gasteiger partial charge in [-0.05, 0) is 46.5 Å². The van der Waals surface area contributed by atoms with Crippen molar-refractivity contribution in [2.45, 2.75) is 58.1 Å². The molecule has 1 saturated heterocycles. The standard InChI is InChI=1S/C18H30N4O4/c1-18(2,3)26-17(25)22-10-5-4-6-14(22)7-11-21(12-13-23)15-16(24)20-9-8-19-15/h8-9,14,23H,4-7,10-13H2,1-3H3,(H,20,24). The molecular weight excluding hydrogens is 336 g/mol. The van der Waals surface area contributed by atoms with Crippen molar-refractivity contribution in [2.24, 2.45) is 0 Å². The SMILES string of the molecule is CC(C)(C)OC(=O)N1CCCCC1CCN(CCO)c1ncc[nH]c1=O. The number of H-pyrrole nitrogens is 1. The van der Waals surface area contributed by atoms with E-state index in [1.165, 1.54) is 12.4 Å². The van der Waals surface area contributed by atoms with E-state index in [0.29, 0.717) is 31.9 Å². The number of aliphatic hydroxyl groups excluding tert-OH is 1. The first-order valence-corrected chi connectivity index (χ1v) is 9.21. The predicted octanol–water partition coefficient (Wildman–Crippen LogP) is 1.75. The van der Waals surface area contributed by atoms with Gasteiger partial charge in [-0.3, -0.25) is 4.79 Å². The van der Waals surface area contributed by atoms with Crippen LogP contribution in [0.2, 0.25) is 0 Å². The van der Waals surface area contributed by atoms with Crippen LogP contribution in [-0.2, 0) is 4.74 Å². The molecule has 0 spiro atoms. The molecule has 8 heteroatoms. The summed E-state index contributed by atoms with van der Waals surface area (Å²) in [6.07, 6.45) is 6.35. The van der Waals surface area contributed by atoms with E-state index in [-0.39, 0.29) is 24.3 Å². The molecule has 0 radical (unpaired) electrons. The second kappa shape index (κ2) is 9.02. The molecular formula is C18H30N4O4. The molecule has 1 fully saturated rings. The summed E-state index contributed by atoms with van der Waals surface area (Å²) < 4.78 is 5.53. The summed E-state index contributed by atoms with van der Waals surface area (Å²) in [4.78, 5) is 34.8. The lowest BCUT2D eigenvalue weighted by atomic mass is 9.99. The maximum Gasteiger partial charge on any atom is 0.410 e. The summed E-state index contributed by atoms with van der Waals surface area (Å²) in [5, 5.41) is 9.33. The van der Waals surface area contributed by atoms with Crippen LogP contribution in [-0.4, -0.2) is 64.0 Å². The predicted molar refractivity (Wildman–Crippen MR) is 99.4 cm³/mol. The highest BCUT2D eigenvalue weighted by Gasteiger charge is 2.30. The van der Waals surface area contributed by atoms with Gasteiger partial charge in [0.1, 0.15) is 5.60 Å². The smallest absolute Gasteiger partial charge is 0.410 e. The molecule has 0 saturated carbocycles. The van der Waals surface area contributed by atoms with Gasteiger partial charge >= 0.3 is 6.09 Å². The first-order valence-electron chi connectivity index (χ1n) is 9.21. The van der Waals surface area contributed by atoms with Crippen molar-refractivity contribution in [2.75, 3.05) is 31.1 Å². The van der Waals surface area contributed by atoms with Gasteiger partial charge < -0.3 is 24.6 Å². The molecule has 1 aliphatic rings. The zero-order valence-corrected chi connectivity index (χ0v) is 15.9. The molecule has 2 heterocycles. The number of rotatable bonds is 6. The number of likely N-dealkylation sites (tertiary alicyclic amines) is 1. The van der Waals surface area contributed by atoms with Crippen LogP contribution in [0.25, 0.3) is 0 Å². The molecule has 0 aromatic carbocycles. The summed E-state index contributed by atoms with van der Waals surface area (Å²) in [7, 11) is 0. The van der Waals surface area contributed by atoms with Crippen LogP contribution in [0, 0.1) is 0 Å². The number of piperidine rings is 1. The van der Waals surface area contributed by atoms with Crippen molar-refractivity contribution < 1.29 is 14.6 Å². The van der Waals surface area contributed by atoms with Crippen LogP contribution in [0.3, 0.4) is 0 Å². The van der Waals surface area contributed by atoms with E-state index in [9.17, 15) is 14.7 Å². The molecule has 0 bridgehead atoms. The second-order valence-electron chi connectivity index (χ2n) is 7.56. The third-order valence-electron chi connectivity index (χ3n) is 4.35. The molecule has 146 valence electrons. The van der Waals surface area contributed by atoms with Crippen molar-refractivity contribution in [1.82, 2.24) is 14.9 Å². The number of anilines is 1. The first kappa shape index (κ1) is 20.2. The minimum Gasteiger partial charge on any atom is -0.444 e. The van der Waals surface area contributed by atoms with Crippen LogP contribution >= 0.6 is 0 Å². The molecule has 1 unspecified atom stereocenters. The monoisotopic (exact) mass is 366 g/mol. The lowest BCUT2D eigenvalue weighted by Gasteiger charge is -2.37. The summed E-state index contributed by atoms with van der Waals surface area (Å²) in [6.45, 7) is 7.05. The van der Waals surface area contributed by atoms with Gasteiger partial charge in [0.25, 0.3) is 5.56 Å². The number of nitrogens with one attached hydrogen (secondary N) is 1. The van der Waals surface area contributed by atoms with Gasteiger partial charge in [-0.15, -0.1) is 0 Å². The maximum absolute atomic E-state index is 12.5. The number of hydrogen-bond donors (Lipinski definition) is 2. The van der Waals surface area contributed by atoms with Gasteiger partial charge in [-0.25, -0.2) is 9.78 Å². The molecule has 1 amide bonds. The molecule has 26 heavy (non-hydrogen) atoms. The van der Waals surface area contributed by atoms with Gasteiger partial charge in [0.05, 0.1) is 6.61 Å². The Morgan fingerprint density at radius 2 is 2.19 bits per heavy atom. The Labute approximate surface area is 154 Å². The van der Waals surface area contributed by atoms with E-state index in [1.54, 1.807) is 9.80 Å². The Balaban J connectivity index is 2.04. The van der Waals surface area contributed by atoms with Crippen LogP contribution in [0.5, 0.6) is 0 Å². The quantitative estimate of drug-likeness (QED) is 0.796. The van der Waals surface area contributed by atoms with Crippen molar-refractivity contribution in [3.05, 3.63) is 22.7 Å². The molecule has 2 N–H and O–H groups in total. The number of aliphatic hydroxyl groups is 1. The Hall–Kier alpha value is -2.09. The molecule has 2 rings (SSSR count). The van der Waals surface area contributed by atoms with E-state index in [2.05, 4.69) is 9.97 Å². The van der Waals surface area contributed by atoms with Crippen LogP contribution < -0.4 is 10.5 Å². The lowest BCUT2D eigenvalue weighted by Crippen LogP contribution is -2.47. The molecule has 1 atom stereocenters. The highest BCUT2D eigenvalue weighted by molar-refractivity contribution is 5.68. The van der Waals surface area contributed by atoms with E-state index in [0.717, 1.165) is 19.3 Å². The van der Waals surface area contributed by atoms with E-state index < -0.39 is 5.60 Å².